The molecule has 0 aromatic heterocycles. The highest BCUT2D eigenvalue weighted by Crippen LogP contribution is 2.19. The van der Waals surface area contributed by atoms with Crippen molar-refractivity contribution >= 4 is 23.9 Å². The molecule has 1 fully saturated rings. The third-order valence-corrected chi connectivity index (χ3v) is 4.88. The van der Waals surface area contributed by atoms with Gasteiger partial charge < -0.3 is 25.0 Å². The number of nitrogens with one attached hydrogen (secondary N) is 2. The first kappa shape index (κ1) is 25.2. The number of carbonyl (C=O) groups excluding carboxylic acids is 4. The Hall–Kier alpha value is -3.10. The van der Waals surface area contributed by atoms with Gasteiger partial charge in [0.2, 0.25) is 11.8 Å². The summed E-state index contributed by atoms with van der Waals surface area (Å²) < 4.78 is 10.4. The van der Waals surface area contributed by atoms with E-state index in [1.54, 1.807) is 34.6 Å². The Morgan fingerprint density at radius 2 is 1.72 bits per heavy atom. The fraction of sp³-hybridized carbons (Fsp3) is 0.565. The number of rotatable bonds is 7. The van der Waals surface area contributed by atoms with Gasteiger partial charge in [0.05, 0.1) is 0 Å². The summed E-state index contributed by atoms with van der Waals surface area (Å²) in [5.74, 6) is -1.37. The van der Waals surface area contributed by atoms with Gasteiger partial charge in [-0.25, -0.2) is 9.59 Å². The van der Waals surface area contributed by atoms with Gasteiger partial charge in [-0.2, -0.15) is 0 Å². The molecule has 1 aliphatic heterocycles. The first-order valence-corrected chi connectivity index (χ1v) is 10.8. The van der Waals surface area contributed by atoms with Crippen LogP contribution in [0.5, 0.6) is 0 Å². The summed E-state index contributed by atoms with van der Waals surface area (Å²) in [7, 11) is 0. The Morgan fingerprint density at radius 3 is 2.34 bits per heavy atom. The number of alkyl carbamates (subject to hydrolysis) is 1. The van der Waals surface area contributed by atoms with Crippen LogP contribution in [0.1, 0.15) is 53.0 Å². The Kier molecular flexibility index (Phi) is 8.63. The molecule has 176 valence electrons. The van der Waals surface area contributed by atoms with Crippen molar-refractivity contribution in [1.82, 2.24) is 15.5 Å². The van der Waals surface area contributed by atoms with E-state index in [1.165, 1.54) is 4.90 Å². The van der Waals surface area contributed by atoms with E-state index < -0.39 is 41.7 Å². The Bertz CT molecular complexity index is 821. The topological polar surface area (TPSA) is 114 Å². The molecule has 1 heterocycles. The molecule has 1 saturated heterocycles. The highest BCUT2D eigenvalue weighted by molar-refractivity contribution is 5.93. The van der Waals surface area contributed by atoms with Crippen LogP contribution in [0.25, 0.3) is 0 Å². The van der Waals surface area contributed by atoms with Gasteiger partial charge >= 0.3 is 12.1 Å². The van der Waals surface area contributed by atoms with E-state index in [1.807, 2.05) is 30.3 Å². The van der Waals surface area contributed by atoms with Crippen LogP contribution in [0.15, 0.2) is 30.3 Å². The second kappa shape index (κ2) is 11.0. The average Bonchev–Trinajstić information content (AvgIpc) is 3.20. The van der Waals surface area contributed by atoms with Crippen LogP contribution in [0, 0.1) is 0 Å². The lowest BCUT2D eigenvalue weighted by atomic mass is 10.1. The van der Waals surface area contributed by atoms with Gasteiger partial charge in [0.25, 0.3) is 0 Å². The molecule has 9 nitrogen and oxygen atoms in total. The molecule has 0 spiro atoms. The zero-order valence-electron chi connectivity index (χ0n) is 19.3. The predicted octanol–water partition coefficient (Wildman–Crippen LogP) is 2.14. The summed E-state index contributed by atoms with van der Waals surface area (Å²) in [5, 5.41) is 5.14. The number of carbonyl (C=O) groups is 4. The van der Waals surface area contributed by atoms with Crippen molar-refractivity contribution in [2.45, 2.75) is 77.8 Å². The van der Waals surface area contributed by atoms with E-state index in [9.17, 15) is 19.2 Å². The van der Waals surface area contributed by atoms with Crippen LogP contribution in [-0.2, 0) is 30.5 Å². The van der Waals surface area contributed by atoms with Crippen molar-refractivity contribution in [2.24, 2.45) is 0 Å². The van der Waals surface area contributed by atoms with E-state index in [4.69, 9.17) is 9.47 Å². The molecule has 1 aliphatic rings. The molecule has 1 aromatic rings. The number of amides is 3. The summed E-state index contributed by atoms with van der Waals surface area (Å²) in [5.41, 5.74) is 0.159. The monoisotopic (exact) mass is 447 g/mol. The molecule has 3 atom stereocenters. The molecular formula is C23H33N3O6. The van der Waals surface area contributed by atoms with Gasteiger partial charge in [-0.05, 0) is 53.0 Å². The lowest BCUT2D eigenvalue weighted by Gasteiger charge is -2.28. The first-order valence-electron chi connectivity index (χ1n) is 10.8. The van der Waals surface area contributed by atoms with E-state index in [2.05, 4.69) is 10.6 Å². The van der Waals surface area contributed by atoms with Crippen LogP contribution in [0.4, 0.5) is 4.79 Å². The standard InChI is InChI=1S/C23H33N3O6/c1-15(25-22(30)32-23(3,4)5)20(28)26-13-9-12-18(26)19(27)24-16(2)21(29)31-14-17-10-7-6-8-11-17/h6-8,10-11,15-16,18H,9,12-14H2,1-5H3,(H,24,27)(H,25,30)/t15-,16-,18-/m0/s1. The summed E-state index contributed by atoms with van der Waals surface area (Å²) in [6, 6.07) is 6.81. The maximum Gasteiger partial charge on any atom is 0.408 e. The van der Waals surface area contributed by atoms with Gasteiger partial charge in [-0.15, -0.1) is 0 Å². The van der Waals surface area contributed by atoms with Gasteiger partial charge in [-0.1, -0.05) is 30.3 Å². The van der Waals surface area contributed by atoms with Crippen LogP contribution in [0.2, 0.25) is 0 Å². The van der Waals surface area contributed by atoms with E-state index in [0.29, 0.717) is 19.4 Å². The molecule has 2 N–H and O–H groups in total. The maximum atomic E-state index is 12.8. The van der Waals surface area contributed by atoms with Crippen LogP contribution < -0.4 is 10.6 Å². The molecular weight excluding hydrogens is 414 g/mol. The lowest BCUT2D eigenvalue weighted by molar-refractivity contribution is -0.149. The van der Waals surface area contributed by atoms with Crippen molar-refractivity contribution in [3.63, 3.8) is 0 Å². The van der Waals surface area contributed by atoms with Crippen molar-refractivity contribution in [3.8, 4) is 0 Å². The third-order valence-electron chi connectivity index (χ3n) is 4.88. The summed E-state index contributed by atoms with van der Waals surface area (Å²) in [4.78, 5) is 51.2. The minimum atomic E-state index is -0.860. The number of benzene rings is 1. The Labute approximate surface area is 188 Å². The number of likely N-dealkylation sites (tertiary alicyclic amines) is 1. The SMILES string of the molecule is C[C@H](NC(=O)[C@@H]1CCCN1C(=O)[C@H](C)NC(=O)OC(C)(C)C)C(=O)OCc1ccccc1. The summed E-state index contributed by atoms with van der Waals surface area (Å²) in [6.07, 6.45) is 0.423. The highest BCUT2D eigenvalue weighted by Gasteiger charge is 2.37. The smallest absolute Gasteiger partial charge is 0.408 e. The fourth-order valence-corrected chi connectivity index (χ4v) is 3.32. The lowest BCUT2D eigenvalue weighted by Crippen LogP contribution is -2.54. The molecule has 0 saturated carbocycles. The first-order chi connectivity index (χ1) is 15.0. The van der Waals surface area contributed by atoms with Crippen LogP contribution in [0.3, 0.4) is 0 Å². The second-order valence-electron chi connectivity index (χ2n) is 8.88. The molecule has 3 amide bonds. The van der Waals surface area contributed by atoms with Crippen LogP contribution in [-0.4, -0.2) is 59.0 Å². The number of ether oxygens (including phenoxy) is 2. The predicted molar refractivity (Wildman–Crippen MR) is 117 cm³/mol. The normalized spacial score (nSPS) is 17.8. The quantitative estimate of drug-likeness (QED) is 0.619. The molecule has 0 radical (unpaired) electrons. The maximum absolute atomic E-state index is 12.8. The van der Waals surface area contributed by atoms with Gasteiger partial charge in [0.1, 0.15) is 30.3 Å². The number of hydrogen-bond donors (Lipinski definition) is 2. The largest absolute Gasteiger partial charge is 0.459 e. The summed E-state index contributed by atoms with van der Waals surface area (Å²) in [6.45, 7) is 8.78. The van der Waals surface area contributed by atoms with Crippen molar-refractivity contribution in [2.75, 3.05) is 6.54 Å². The van der Waals surface area contributed by atoms with Gasteiger partial charge in [0.15, 0.2) is 0 Å². The molecule has 1 aromatic carbocycles. The van der Waals surface area contributed by atoms with Crippen LogP contribution >= 0.6 is 0 Å². The van der Waals surface area contributed by atoms with Crippen molar-refractivity contribution in [1.29, 1.82) is 0 Å². The van der Waals surface area contributed by atoms with E-state index >= 15 is 0 Å². The molecule has 0 bridgehead atoms. The number of nitrogens with zero attached hydrogens (tertiary/aromatic N) is 1. The Morgan fingerprint density at radius 1 is 1.06 bits per heavy atom. The third kappa shape index (κ3) is 7.55. The zero-order valence-corrected chi connectivity index (χ0v) is 19.3. The number of hydrogen-bond acceptors (Lipinski definition) is 6. The van der Waals surface area contributed by atoms with Crippen molar-refractivity contribution < 1.29 is 28.7 Å². The fourth-order valence-electron chi connectivity index (χ4n) is 3.32. The minimum Gasteiger partial charge on any atom is -0.459 e. The minimum absolute atomic E-state index is 0.113. The van der Waals surface area contributed by atoms with Crippen molar-refractivity contribution in [3.05, 3.63) is 35.9 Å². The molecule has 2 rings (SSSR count). The Balaban J connectivity index is 1.88. The highest BCUT2D eigenvalue weighted by atomic mass is 16.6. The molecule has 9 heteroatoms. The van der Waals surface area contributed by atoms with E-state index in [-0.39, 0.29) is 12.5 Å². The number of esters is 1. The van der Waals surface area contributed by atoms with Gasteiger partial charge in [-0.3, -0.25) is 9.59 Å². The molecule has 0 aliphatic carbocycles. The zero-order chi connectivity index (χ0) is 23.9. The van der Waals surface area contributed by atoms with Gasteiger partial charge in [0, 0.05) is 6.54 Å². The van der Waals surface area contributed by atoms with E-state index in [0.717, 1.165) is 5.56 Å². The average molecular weight is 448 g/mol. The second-order valence-corrected chi connectivity index (χ2v) is 8.88. The summed E-state index contributed by atoms with van der Waals surface area (Å²) >= 11 is 0. The molecule has 0 unspecified atom stereocenters. The molecule has 32 heavy (non-hydrogen) atoms.